The van der Waals surface area contributed by atoms with Crippen LogP contribution in [0.15, 0.2) is 5.11 Å². The van der Waals surface area contributed by atoms with Gasteiger partial charge in [-0.2, -0.15) is 13.5 Å². The molecule has 4 amide bonds. The number of azide groups is 1. The fraction of sp³-hybridized carbons (Fsp3) is 0.786. The van der Waals surface area contributed by atoms with Crippen LogP contribution in [-0.2, 0) is 24.3 Å². The van der Waals surface area contributed by atoms with Crippen molar-refractivity contribution in [2.45, 2.75) is 43.8 Å². The number of piperidine rings is 2. The van der Waals surface area contributed by atoms with Gasteiger partial charge in [-0.05, 0) is 31.2 Å². The van der Waals surface area contributed by atoms with Crippen molar-refractivity contribution in [2.75, 3.05) is 26.2 Å². The standard InChI is InChI=1S/C14H21N7O7S/c15-18-16-7-12(22)19-5-3-9(4-6-19)17-13(23)11-2-1-10-8-20(11)14(24)21(10)28-29(25,26)27/h9-11H,1-8H2,(H,17,23)(H,25,26,27)/t10-,11+/m1/s1. The van der Waals surface area contributed by atoms with Gasteiger partial charge in [0.05, 0.1) is 6.04 Å². The molecule has 2 bridgehead atoms. The minimum atomic E-state index is -4.84. The van der Waals surface area contributed by atoms with E-state index >= 15 is 0 Å². The predicted molar refractivity (Wildman–Crippen MR) is 95.1 cm³/mol. The van der Waals surface area contributed by atoms with Crippen LogP contribution >= 0.6 is 0 Å². The van der Waals surface area contributed by atoms with Crippen molar-refractivity contribution in [1.29, 1.82) is 0 Å². The largest absolute Gasteiger partial charge is 0.418 e. The van der Waals surface area contributed by atoms with Gasteiger partial charge in [0.2, 0.25) is 11.8 Å². The maximum atomic E-state index is 12.7. The minimum Gasteiger partial charge on any atom is -0.351 e. The van der Waals surface area contributed by atoms with E-state index in [0.717, 1.165) is 0 Å². The topological polar surface area (TPSA) is 185 Å². The van der Waals surface area contributed by atoms with Crippen molar-refractivity contribution in [1.82, 2.24) is 20.2 Å². The molecule has 2 N–H and O–H groups in total. The molecule has 3 aliphatic heterocycles. The van der Waals surface area contributed by atoms with Crippen LogP contribution in [0.4, 0.5) is 4.79 Å². The Morgan fingerprint density at radius 3 is 2.59 bits per heavy atom. The molecule has 2 atom stereocenters. The molecule has 0 saturated carbocycles. The Labute approximate surface area is 166 Å². The molecule has 0 spiro atoms. The summed E-state index contributed by atoms with van der Waals surface area (Å²) in [4.78, 5) is 42.2. The second kappa shape index (κ2) is 8.41. The molecule has 0 unspecified atom stereocenters. The van der Waals surface area contributed by atoms with Gasteiger partial charge in [0.1, 0.15) is 12.6 Å². The summed E-state index contributed by atoms with van der Waals surface area (Å²) in [5.41, 5.74) is 8.27. The zero-order valence-electron chi connectivity index (χ0n) is 15.4. The number of urea groups is 1. The van der Waals surface area contributed by atoms with E-state index in [1.165, 1.54) is 4.90 Å². The maximum Gasteiger partial charge on any atom is 0.418 e. The molecule has 0 aromatic rings. The second-order valence-corrected chi connectivity index (χ2v) is 8.07. The highest BCUT2D eigenvalue weighted by atomic mass is 32.3. The van der Waals surface area contributed by atoms with Gasteiger partial charge in [-0.15, -0.1) is 4.28 Å². The van der Waals surface area contributed by atoms with Gasteiger partial charge >= 0.3 is 16.4 Å². The zero-order valence-corrected chi connectivity index (χ0v) is 16.2. The summed E-state index contributed by atoms with van der Waals surface area (Å²) in [5.74, 6) is -0.628. The third kappa shape index (κ3) is 4.87. The first-order chi connectivity index (χ1) is 13.7. The normalized spacial score (nSPS) is 25.0. The van der Waals surface area contributed by atoms with E-state index in [4.69, 9.17) is 10.1 Å². The van der Waals surface area contributed by atoms with Crippen LogP contribution in [0.1, 0.15) is 25.7 Å². The van der Waals surface area contributed by atoms with E-state index in [-0.39, 0.29) is 30.9 Å². The van der Waals surface area contributed by atoms with Crippen LogP contribution in [0.2, 0.25) is 0 Å². The molecular formula is C14H21N7O7S. The lowest BCUT2D eigenvalue weighted by Gasteiger charge is -2.34. The SMILES string of the molecule is [N-]=[N+]=NCC(=O)N1CCC(NC(=O)[C@@H]2CC[C@@H]3CN2C(=O)N3OS(=O)(=O)O)CC1. The Hall–Kier alpha value is -2.61. The van der Waals surface area contributed by atoms with E-state index in [2.05, 4.69) is 19.6 Å². The molecule has 3 rings (SSSR count). The van der Waals surface area contributed by atoms with Gasteiger partial charge in [-0.1, -0.05) is 5.11 Å². The quantitative estimate of drug-likeness (QED) is 0.243. The van der Waals surface area contributed by atoms with Crippen molar-refractivity contribution in [2.24, 2.45) is 5.11 Å². The zero-order chi connectivity index (χ0) is 21.2. The highest BCUT2D eigenvalue weighted by Gasteiger charge is 2.49. The Balaban J connectivity index is 1.53. The molecule has 0 radical (unpaired) electrons. The van der Waals surface area contributed by atoms with Gasteiger partial charge < -0.3 is 15.1 Å². The van der Waals surface area contributed by atoms with Gasteiger partial charge in [-0.3, -0.25) is 14.1 Å². The lowest BCUT2D eigenvalue weighted by atomic mass is 9.99. The predicted octanol–water partition coefficient (Wildman–Crippen LogP) is -0.593. The van der Waals surface area contributed by atoms with Crippen LogP contribution in [0.25, 0.3) is 10.4 Å². The Morgan fingerprint density at radius 1 is 1.28 bits per heavy atom. The van der Waals surface area contributed by atoms with Crippen molar-refractivity contribution in [3.63, 3.8) is 0 Å². The van der Waals surface area contributed by atoms with E-state index < -0.39 is 28.5 Å². The number of amides is 4. The number of carbonyl (C=O) groups excluding carboxylic acids is 3. The summed E-state index contributed by atoms with van der Waals surface area (Å²) in [6.45, 7) is 0.709. The Kier molecular flexibility index (Phi) is 6.12. The monoisotopic (exact) mass is 431 g/mol. The first-order valence-corrected chi connectivity index (χ1v) is 10.4. The number of nitrogens with zero attached hydrogens (tertiary/aromatic N) is 6. The number of carbonyl (C=O) groups is 3. The lowest BCUT2D eigenvalue weighted by Crippen LogP contribution is -2.54. The molecule has 29 heavy (non-hydrogen) atoms. The molecule has 0 aromatic carbocycles. The number of likely N-dealkylation sites (tertiary alicyclic amines) is 1. The summed E-state index contributed by atoms with van der Waals surface area (Å²) in [5, 5.41) is 6.72. The molecule has 15 heteroatoms. The van der Waals surface area contributed by atoms with Crippen LogP contribution in [-0.4, -0.2) is 90.0 Å². The Bertz CT molecular complexity index is 835. The number of fused-ring (bicyclic) bond motifs is 2. The third-order valence-electron chi connectivity index (χ3n) is 5.26. The number of hydrogen-bond donors (Lipinski definition) is 2. The van der Waals surface area contributed by atoms with Crippen molar-refractivity contribution in [3.05, 3.63) is 10.4 Å². The first kappa shape index (κ1) is 21.1. The molecule has 0 aliphatic carbocycles. The molecule has 3 saturated heterocycles. The third-order valence-corrected chi connectivity index (χ3v) is 5.61. The summed E-state index contributed by atoms with van der Waals surface area (Å²) in [6.07, 6.45) is 1.73. The summed E-state index contributed by atoms with van der Waals surface area (Å²) >= 11 is 0. The molecule has 3 aliphatic rings. The van der Waals surface area contributed by atoms with E-state index in [0.29, 0.717) is 43.8 Å². The second-order valence-electron chi connectivity index (χ2n) is 7.06. The van der Waals surface area contributed by atoms with Gasteiger partial charge in [0, 0.05) is 30.6 Å². The van der Waals surface area contributed by atoms with Gasteiger partial charge in [-0.25, -0.2) is 4.79 Å². The number of hydroxylamine groups is 2. The summed E-state index contributed by atoms with van der Waals surface area (Å²) in [7, 11) is -4.84. The molecular weight excluding hydrogens is 410 g/mol. The fourth-order valence-corrected chi connectivity index (χ4v) is 4.26. The molecule has 3 heterocycles. The minimum absolute atomic E-state index is 0.124. The average Bonchev–Trinajstić information content (AvgIpc) is 2.90. The first-order valence-electron chi connectivity index (χ1n) is 9.05. The highest BCUT2D eigenvalue weighted by Crippen LogP contribution is 2.31. The van der Waals surface area contributed by atoms with E-state index in [1.54, 1.807) is 4.90 Å². The van der Waals surface area contributed by atoms with Crippen LogP contribution in [0, 0.1) is 0 Å². The maximum absolute atomic E-state index is 12.7. The van der Waals surface area contributed by atoms with Crippen molar-refractivity contribution >= 4 is 28.2 Å². The molecule has 160 valence electrons. The smallest absolute Gasteiger partial charge is 0.351 e. The van der Waals surface area contributed by atoms with Crippen molar-refractivity contribution in [3.8, 4) is 0 Å². The van der Waals surface area contributed by atoms with Crippen molar-refractivity contribution < 1.29 is 31.6 Å². The number of hydrogen-bond acceptors (Lipinski definition) is 7. The van der Waals surface area contributed by atoms with Crippen LogP contribution in [0.5, 0.6) is 0 Å². The van der Waals surface area contributed by atoms with Crippen LogP contribution in [0.3, 0.4) is 0 Å². The van der Waals surface area contributed by atoms with Crippen LogP contribution < -0.4 is 5.32 Å². The average molecular weight is 431 g/mol. The number of nitrogens with one attached hydrogen (secondary N) is 1. The Morgan fingerprint density at radius 2 is 1.97 bits per heavy atom. The van der Waals surface area contributed by atoms with E-state index in [1.807, 2.05) is 0 Å². The van der Waals surface area contributed by atoms with Gasteiger partial charge in [0.25, 0.3) is 0 Å². The van der Waals surface area contributed by atoms with Gasteiger partial charge in [0.15, 0.2) is 0 Å². The fourth-order valence-electron chi connectivity index (χ4n) is 3.87. The lowest BCUT2D eigenvalue weighted by molar-refractivity contribution is -0.131. The molecule has 14 nitrogen and oxygen atoms in total. The number of rotatable bonds is 6. The highest BCUT2D eigenvalue weighted by molar-refractivity contribution is 7.80. The molecule has 0 aromatic heterocycles. The summed E-state index contributed by atoms with van der Waals surface area (Å²) in [6, 6.07) is -2.28. The molecule has 3 fully saturated rings. The van der Waals surface area contributed by atoms with E-state index in [9.17, 15) is 22.8 Å². The summed E-state index contributed by atoms with van der Waals surface area (Å²) < 4.78 is 35.0.